The summed E-state index contributed by atoms with van der Waals surface area (Å²) in [6.45, 7) is 4.93. The van der Waals surface area contributed by atoms with Gasteiger partial charge in [0.05, 0.1) is 18.7 Å². The van der Waals surface area contributed by atoms with Crippen LogP contribution in [0, 0.1) is 0 Å². The molecule has 0 aliphatic carbocycles. The molecule has 0 radical (unpaired) electrons. The fourth-order valence-electron chi connectivity index (χ4n) is 3.28. The Balaban J connectivity index is 1.60. The van der Waals surface area contributed by atoms with Crippen LogP contribution < -0.4 is 0 Å². The number of fused-ring (bicyclic) bond motifs is 1. The highest BCUT2D eigenvalue weighted by Crippen LogP contribution is 2.24. The van der Waals surface area contributed by atoms with Crippen molar-refractivity contribution in [2.45, 2.75) is 6.42 Å². The second-order valence-corrected chi connectivity index (χ2v) is 5.95. The van der Waals surface area contributed by atoms with Gasteiger partial charge in [0.25, 0.3) is 0 Å². The highest BCUT2D eigenvalue weighted by atomic mass is 16.5. The lowest BCUT2D eigenvalue weighted by atomic mass is 10.1. The summed E-state index contributed by atoms with van der Waals surface area (Å²) in [6.07, 6.45) is 6.91. The fraction of sp³-hybridized carbons (Fsp3) is 0.316. The topological polar surface area (TPSA) is 30.3 Å². The van der Waals surface area contributed by atoms with Gasteiger partial charge in [0.1, 0.15) is 0 Å². The van der Waals surface area contributed by atoms with Crippen molar-refractivity contribution >= 4 is 10.9 Å². The Bertz CT molecular complexity index is 776. The largest absolute Gasteiger partial charge is 0.379 e. The van der Waals surface area contributed by atoms with Crippen molar-refractivity contribution in [3.05, 3.63) is 60.6 Å². The van der Waals surface area contributed by atoms with E-state index in [-0.39, 0.29) is 0 Å². The molecule has 0 N–H and O–H groups in total. The predicted octanol–water partition coefficient (Wildman–Crippen LogP) is 2.90. The van der Waals surface area contributed by atoms with Crippen LogP contribution >= 0.6 is 0 Å². The van der Waals surface area contributed by atoms with E-state index in [1.54, 1.807) is 0 Å². The minimum Gasteiger partial charge on any atom is -0.379 e. The number of hydrogen-bond acceptors (Lipinski definition) is 3. The highest BCUT2D eigenvalue weighted by Gasteiger charge is 2.12. The maximum atomic E-state index is 5.42. The van der Waals surface area contributed by atoms with Crippen molar-refractivity contribution < 1.29 is 4.74 Å². The Morgan fingerprint density at radius 2 is 1.83 bits per heavy atom. The molecular weight excluding hydrogens is 286 g/mol. The van der Waals surface area contributed by atoms with Gasteiger partial charge in [-0.1, -0.05) is 12.1 Å². The molecule has 0 atom stereocenters. The second-order valence-electron chi connectivity index (χ2n) is 5.95. The predicted molar refractivity (Wildman–Crippen MR) is 92.0 cm³/mol. The van der Waals surface area contributed by atoms with E-state index in [4.69, 9.17) is 4.74 Å². The lowest BCUT2D eigenvalue weighted by Crippen LogP contribution is -2.37. The van der Waals surface area contributed by atoms with Gasteiger partial charge in [0.2, 0.25) is 0 Å². The van der Waals surface area contributed by atoms with E-state index in [1.807, 2.05) is 24.5 Å². The van der Waals surface area contributed by atoms with Gasteiger partial charge in [-0.05, 0) is 36.2 Å². The molecule has 1 aliphatic heterocycles. The lowest BCUT2D eigenvalue weighted by molar-refractivity contribution is 0.0385. The molecule has 1 aliphatic rings. The van der Waals surface area contributed by atoms with Crippen LogP contribution in [0.4, 0.5) is 0 Å². The van der Waals surface area contributed by atoms with Gasteiger partial charge >= 0.3 is 0 Å². The number of aromatic nitrogens is 2. The zero-order valence-electron chi connectivity index (χ0n) is 13.2. The average molecular weight is 307 g/mol. The molecule has 1 fully saturated rings. The van der Waals surface area contributed by atoms with Crippen molar-refractivity contribution in [3.8, 4) is 5.69 Å². The summed E-state index contributed by atoms with van der Waals surface area (Å²) in [4.78, 5) is 6.59. The molecule has 4 heteroatoms. The van der Waals surface area contributed by atoms with E-state index in [9.17, 15) is 0 Å². The number of pyridine rings is 1. The molecule has 4 rings (SSSR count). The van der Waals surface area contributed by atoms with Crippen molar-refractivity contribution in [2.24, 2.45) is 0 Å². The van der Waals surface area contributed by atoms with Gasteiger partial charge < -0.3 is 9.30 Å². The van der Waals surface area contributed by atoms with E-state index in [0.29, 0.717) is 0 Å². The summed E-state index contributed by atoms with van der Waals surface area (Å²) in [7, 11) is 0. The fourth-order valence-corrected chi connectivity index (χ4v) is 3.28. The van der Waals surface area contributed by atoms with Crippen LogP contribution in [0.2, 0.25) is 0 Å². The van der Waals surface area contributed by atoms with Crippen LogP contribution in [0.1, 0.15) is 5.56 Å². The van der Waals surface area contributed by atoms with Crippen LogP contribution in [-0.2, 0) is 11.2 Å². The van der Waals surface area contributed by atoms with Gasteiger partial charge in [0.15, 0.2) is 0 Å². The zero-order chi connectivity index (χ0) is 15.5. The number of morpholine rings is 1. The van der Waals surface area contributed by atoms with Crippen LogP contribution in [0.15, 0.2) is 55.0 Å². The molecule has 0 amide bonds. The van der Waals surface area contributed by atoms with Crippen molar-refractivity contribution in [1.82, 2.24) is 14.5 Å². The summed E-state index contributed by atoms with van der Waals surface area (Å²) in [5.74, 6) is 0. The summed E-state index contributed by atoms with van der Waals surface area (Å²) >= 11 is 0. The van der Waals surface area contributed by atoms with E-state index in [2.05, 4.69) is 44.9 Å². The van der Waals surface area contributed by atoms with E-state index < -0.39 is 0 Å². The number of ether oxygens (including phenoxy) is 1. The van der Waals surface area contributed by atoms with Gasteiger partial charge in [-0.3, -0.25) is 9.88 Å². The van der Waals surface area contributed by atoms with Crippen LogP contribution in [0.3, 0.4) is 0 Å². The molecule has 4 nitrogen and oxygen atoms in total. The second kappa shape index (κ2) is 6.52. The minimum atomic E-state index is 0.864. The molecule has 0 bridgehead atoms. The van der Waals surface area contributed by atoms with Gasteiger partial charge in [-0.2, -0.15) is 0 Å². The maximum Gasteiger partial charge on any atom is 0.0594 e. The first-order chi connectivity index (χ1) is 11.4. The van der Waals surface area contributed by atoms with Crippen LogP contribution in [0.5, 0.6) is 0 Å². The maximum absolute atomic E-state index is 5.42. The first-order valence-corrected chi connectivity index (χ1v) is 8.21. The first kappa shape index (κ1) is 14.4. The van der Waals surface area contributed by atoms with Crippen LogP contribution in [-0.4, -0.2) is 47.3 Å². The Labute approximate surface area is 136 Å². The monoisotopic (exact) mass is 307 g/mol. The summed E-state index contributed by atoms with van der Waals surface area (Å²) in [6, 6.07) is 12.9. The molecule has 0 spiro atoms. The summed E-state index contributed by atoms with van der Waals surface area (Å²) < 4.78 is 7.66. The standard InChI is InChI=1S/C19H21N3O/c1-2-16(6-10-21-12-14-23-15-13-21)18-7-11-22(19(18)3-1)17-4-8-20-9-5-17/h1-5,7-9,11H,6,10,12-15H2. The molecule has 2 aromatic heterocycles. The average Bonchev–Trinajstić information content (AvgIpc) is 3.06. The molecule has 0 unspecified atom stereocenters. The Morgan fingerprint density at radius 3 is 2.65 bits per heavy atom. The SMILES string of the molecule is c1cc(CCN2CCOCC2)c2ccn(-c3ccncc3)c2c1. The first-order valence-electron chi connectivity index (χ1n) is 8.21. The third kappa shape index (κ3) is 3.00. The number of nitrogens with zero attached hydrogens (tertiary/aromatic N) is 3. The van der Waals surface area contributed by atoms with Crippen molar-refractivity contribution in [2.75, 3.05) is 32.8 Å². The summed E-state index contributed by atoms with van der Waals surface area (Å²) in [5, 5.41) is 1.34. The third-order valence-corrected chi connectivity index (χ3v) is 4.57. The molecule has 3 heterocycles. The quantitative estimate of drug-likeness (QED) is 0.742. The molecule has 118 valence electrons. The van der Waals surface area contributed by atoms with Gasteiger partial charge in [-0.15, -0.1) is 0 Å². The number of hydrogen-bond donors (Lipinski definition) is 0. The highest BCUT2D eigenvalue weighted by molar-refractivity contribution is 5.85. The van der Waals surface area contributed by atoms with Gasteiger partial charge in [0, 0.05) is 49.3 Å². The van der Waals surface area contributed by atoms with Gasteiger partial charge in [-0.25, -0.2) is 0 Å². The number of benzene rings is 1. The van der Waals surface area contributed by atoms with Crippen molar-refractivity contribution in [3.63, 3.8) is 0 Å². The Hall–Kier alpha value is -2.17. The summed E-state index contributed by atoms with van der Waals surface area (Å²) in [5.41, 5.74) is 3.83. The Morgan fingerprint density at radius 1 is 1.00 bits per heavy atom. The zero-order valence-corrected chi connectivity index (χ0v) is 13.2. The molecular formula is C19H21N3O. The molecule has 1 saturated heterocycles. The normalized spacial score (nSPS) is 16.0. The van der Waals surface area contributed by atoms with E-state index >= 15 is 0 Å². The molecule has 23 heavy (non-hydrogen) atoms. The van der Waals surface area contributed by atoms with Crippen LogP contribution in [0.25, 0.3) is 16.6 Å². The number of rotatable bonds is 4. The third-order valence-electron chi connectivity index (χ3n) is 4.57. The van der Waals surface area contributed by atoms with E-state index in [1.165, 1.54) is 16.5 Å². The smallest absolute Gasteiger partial charge is 0.0594 e. The van der Waals surface area contributed by atoms with Crippen molar-refractivity contribution in [1.29, 1.82) is 0 Å². The molecule has 1 aromatic carbocycles. The Kier molecular flexibility index (Phi) is 4.09. The lowest BCUT2D eigenvalue weighted by Gasteiger charge is -2.26. The molecule has 3 aromatic rings. The van der Waals surface area contributed by atoms with E-state index in [0.717, 1.165) is 45.0 Å². The minimum absolute atomic E-state index is 0.864. The molecule has 0 saturated carbocycles.